The maximum absolute atomic E-state index is 10.0. The first-order valence-corrected chi connectivity index (χ1v) is 17.4. The van der Waals surface area contributed by atoms with Crippen molar-refractivity contribution in [3.63, 3.8) is 0 Å². The normalized spacial score (nSPS) is 14.8. The molecule has 0 bridgehead atoms. The quantitative estimate of drug-likeness (QED) is 0.188. The molecule has 2 heterocycles. The molecule has 4 heteroatoms. The summed E-state index contributed by atoms with van der Waals surface area (Å²) in [6, 6.07) is 63.0. The van der Waals surface area contributed by atoms with Crippen molar-refractivity contribution >= 4 is 0 Å². The molecule has 0 N–H and O–H groups in total. The molecule has 2 aliphatic rings. The van der Waals surface area contributed by atoms with Crippen LogP contribution in [0, 0.1) is 11.3 Å². The zero-order valence-corrected chi connectivity index (χ0v) is 28.0. The summed E-state index contributed by atoms with van der Waals surface area (Å²) >= 11 is 0. The number of para-hydroxylation sites is 1. The van der Waals surface area contributed by atoms with Crippen molar-refractivity contribution < 1.29 is 4.74 Å². The molecule has 1 spiro atoms. The lowest BCUT2D eigenvalue weighted by atomic mass is 9.65. The predicted molar refractivity (Wildman–Crippen MR) is 206 cm³/mol. The molecule has 0 fully saturated rings. The van der Waals surface area contributed by atoms with Gasteiger partial charge in [0.1, 0.15) is 11.5 Å². The average Bonchev–Trinajstić information content (AvgIpc) is 3.51. The molecule has 1 unspecified atom stereocenters. The molecular weight excluding hydrogens is 635 g/mol. The van der Waals surface area contributed by atoms with Gasteiger partial charge >= 0.3 is 0 Å². The molecule has 242 valence electrons. The Labute approximate surface area is 301 Å². The van der Waals surface area contributed by atoms with Crippen molar-refractivity contribution in [2.45, 2.75) is 5.41 Å². The number of aromatic nitrogens is 2. The molecule has 1 aliphatic heterocycles. The van der Waals surface area contributed by atoms with Gasteiger partial charge in [0.25, 0.3) is 0 Å². The zero-order valence-electron chi connectivity index (χ0n) is 28.0. The van der Waals surface area contributed by atoms with Crippen LogP contribution in [0.25, 0.3) is 56.2 Å². The zero-order chi connectivity index (χ0) is 34.6. The summed E-state index contributed by atoms with van der Waals surface area (Å²) in [5.74, 6) is 2.29. The fourth-order valence-electron chi connectivity index (χ4n) is 8.05. The van der Waals surface area contributed by atoms with Gasteiger partial charge in [0.2, 0.25) is 0 Å². The summed E-state index contributed by atoms with van der Waals surface area (Å²) in [5, 5.41) is 10.0. The maximum atomic E-state index is 10.0. The summed E-state index contributed by atoms with van der Waals surface area (Å²) in [5.41, 5.74) is 13.8. The van der Waals surface area contributed by atoms with Gasteiger partial charge in [-0.1, -0.05) is 140 Å². The first-order chi connectivity index (χ1) is 25.7. The number of hydrogen-bond acceptors (Lipinski definition) is 4. The number of nitrogens with zero attached hydrogens (tertiary/aromatic N) is 3. The second-order valence-electron chi connectivity index (χ2n) is 13.2. The third-order valence-corrected chi connectivity index (χ3v) is 10.4. The first-order valence-electron chi connectivity index (χ1n) is 17.4. The summed E-state index contributed by atoms with van der Waals surface area (Å²) in [4.78, 5) is 10.0. The molecular formula is C48H29N3O. The van der Waals surface area contributed by atoms with Gasteiger partial charge in [-0.25, -0.2) is 9.97 Å². The molecule has 8 aromatic rings. The van der Waals surface area contributed by atoms with Crippen molar-refractivity contribution in [1.82, 2.24) is 9.97 Å². The van der Waals surface area contributed by atoms with Gasteiger partial charge in [0.05, 0.1) is 28.4 Å². The Kier molecular flexibility index (Phi) is 6.74. The van der Waals surface area contributed by atoms with E-state index in [-0.39, 0.29) is 0 Å². The minimum absolute atomic E-state index is 0.606. The average molecular weight is 664 g/mol. The first kappa shape index (κ1) is 29.8. The van der Waals surface area contributed by atoms with E-state index in [4.69, 9.17) is 14.7 Å². The number of hydrogen-bond donors (Lipinski definition) is 0. The number of benzene rings is 7. The van der Waals surface area contributed by atoms with Gasteiger partial charge < -0.3 is 4.74 Å². The van der Waals surface area contributed by atoms with Crippen LogP contribution in [0.1, 0.15) is 27.8 Å². The Morgan fingerprint density at radius 3 is 1.75 bits per heavy atom. The van der Waals surface area contributed by atoms with E-state index < -0.39 is 5.41 Å². The van der Waals surface area contributed by atoms with Crippen LogP contribution in [-0.2, 0) is 5.41 Å². The third kappa shape index (κ3) is 4.54. The van der Waals surface area contributed by atoms with Crippen LogP contribution in [0.2, 0.25) is 0 Å². The van der Waals surface area contributed by atoms with Crippen LogP contribution < -0.4 is 4.74 Å². The van der Waals surface area contributed by atoms with Crippen LogP contribution in [0.5, 0.6) is 11.5 Å². The SMILES string of the molecule is N#Cc1ccc2c(c1)C1(c3ccccc3O2)c2ccccc2-c2ccc(-c3ccc(-c4cc(-c5ccccc5)nc(-c5ccccc5)n4)cc3)cc21. The standard InChI is InChI=1S/C48H29N3O/c49-30-31-19-26-46-42(27-31)48(40-17-9-10-18-45(40)52-46)39-16-8-7-15-37(39)38-25-24-36(28-41(38)48)32-20-22-34(23-21-32)44-29-43(33-11-3-1-4-12-33)50-47(51-44)35-13-5-2-6-14-35/h1-29H. The molecule has 1 aliphatic carbocycles. The van der Waals surface area contributed by atoms with Crippen molar-refractivity contribution in [2.24, 2.45) is 0 Å². The summed E-state index contributed by atoms with van der Waals surface area (Å²) in [6.45, 7) is 0. The highest BCUT2D eigenvalue weighted by Crippen LogP contribution is 2.62. The number of ether oxygens (including phenoxy) is 1. The largest absolute Gasteiger partial charge is 0.457 e. The number of fused-ring (bicyclic) bond motifs is 9. The molecule has 1 aromatic heterocycles. The Hall–Kier alpha value is -7.09. The molecule has 10 rings (SSSR count). The van der Waals surface area contributed by atoms with Crippen molar-refractivity contribution in [2.75, 3.05) is 0 Å². The van der Waals surface area contributed by atoms with Crippen LogP contribution >= 0.6 is 0 Å². The molecule has 0 radical (unpaired) electrons. The lowest BCUT2D eigenvalue weighted by Gasteiger charge is -2.39. The second kappa shape index (κ2) is 11.8. The topological polar surface area (TPSA) is 58.8 Å². The fourth-order valence-corrected chi connectivity index (χ4v) is 8.05. The van der Waals surface area contributed by atoms with E-state index >= 15 is 0 Å². The molecule has 0 saturated carbocycles. The minimum Gasteiger partial charge on any atom is -0.457 e. The highest BCUT2D eigenvalue weighted by atomic mass is 16.5. The van der Waals surface area contributed by atoms with Crippen LogP contribution in [-0.4, -0.2) is 9.97 Å². The maximum Gasteiger partial charge on any atom is 0.160 e. The third-order valence-electron chi connectivity index (χ3n) is 10.4. The molecule has 52 heavy (non-hydrogen) atoms. The van der Waals surface area contributed by atoms with E-state index in [0.717, 1.165) is 61.8 Å². The fraction of sp³-hybridized carbons (Fsp3) is 0.0208. The predicted octanol–water partition coefficient (Wildman–Crippen LogP) is 11.5. The van der Waals surface area contributed by atoms with E-state index in [1.54, 1.807) is 0 Å². The second-order valence-corrected chi connectivity index (χ2v) is 13.2. The summed E-state index contributed by atoms with van der Waals surface area (Å²) < 4.78 is 6.52. The minimum atomic E-state index is -0.651. The Bertz CT molecular complexity index is 2660. The lowest BCUT2D eigenvalue weighted by Crippen LogP contribution is -2.32. The van der Waals surface area contributed by atoms with Crippen LogP contribution in [0.15, 0.2) is 176 Å². The van der Waals surface area contributed by atoms with Crippen LogP contribution in [0.4, 0.5) is 0 Å². The van der Waals surface area contributed by atoms with E-state index in [0.29, 0.717) is 11.4 Å². The van der Waals surface area contributed by atoms with Crippen molar-refractivity contribution in [3.8, 4) is 73.7 Å². The molecule has 1 atom stereocenters. The Morgan fingerprint density at radius 1 is 0.423 bits per heavy atom. The molecule has 0 amide bonds. The van der Waals surface area contributed by atoms with Gasteiger partial charge in [0.15, 0.2) is 5.82 Å². The number of rotatable bonds is 4. The van der Waals surface area contributed by atoms with Gasteiger partial charge in [0, 0.05) is 27.8 Å². The molecule has 7 aromatic carbocycles. The Balaban J connectivity index is 1.12. The number of nitriles is 1. The van der Waals surface area contributed by atoms with Gasteiger partial charge in [-0.15, -0.1) is 0 Å². The summed E-state index contributed by atoms with van der Waals surface area (Å²) in [6.07, 6.45) is 0. The highest BCUT2D eigenvalue weighted by Gasteiger charge is 2.51. The lowest BCUT2D eigenvalue weighted by molar-refractivity contribution is 0.436. The van der Waals surface area contributed by atoms with Crippen molar-refractivity contribution in [1.29, 1.82) is 5.26 Å². The Morgan fingerprint density at radius 2 is 1.00 bits per heavy atom. The monoisotopic (exact) mass is 663 g/mol. The molecule has 4 nitrogen and oxygen atoms in total. The van der Waals surface area contributed by atoms with E-state index in [2.05, 4.69) is 103 Å². The van der Waals surface area contributed by atoms with Crippen molar-refractivity contribution in [3.05, 3.63) is 204 Å². The highest BCUT2D eigenvalue weighted by molar-refractivity contribution is 5.90. The van der Waals surface area contributed by atoms with E-state index in [9.17, 15) is 5.26 Å². The van der Waals surface area contributed by atoms with Gasteiger partial charge in [-0.2, -0.15) is 5.26 Å². The van der Waals surface area contributed by atoms with Crippen LogP contribution in [0.3, 0.4) is 0 Å². The smallest absolute Gasteiger partial charge is 0.160 e. The molecule has 0 saturated heterocycles. The van der Waals surface area contributed by atoms with Gasteiger partial charge in [-0.05, 0) is 69.8 Å². The van der Waals surface area contributed by atoms with E-state index in [1.165, 1.54) is 22.3 Å². The van der Waals surface area contributed by atoms with Gasteiger partial charge in [-0.3, -0.25) is 0 Å². The van der Waals surface area contributed by atoms with E-state index in [1.807, 2.05) is 78.9 Å². The summed E-state index contributed by atoms with van der Waals surface area (Å²) in [7, 11) is 0.